The fourth-order valence-electron chi connectivity index (χ4n) is 2.46. The van der Waals surface area contributed by atoms with Crippen LogP contribution in [-0.2, 0) is 4.74 Å². The first kappa shape index (κ1) is 13.9. The fraction of sp³-hybridized carbons (Fsp3) is 0.312. The number of halogens is 2. The molecule has 0 aliphatic carbocycles. The molecule has 3 nitrogen and oxygen atoms in total. The van der Waals surface area contributed by atoms with E-state index in [0.717, 1.165) is 0 Å². The molecule has 0 bridgehead atoms. The van der Waals surface area contributed by atoms with Gasteiger partial charge in [-0.2, -0.15) is 0 Å². The van der Waals surface area contributed by atoms with Crippen molar-refractivity contribution >= 4 is 5.82 Å². The molecule has 1 aliphatic rings. The molecule has 1 fully saturated rings. The average molecular weight is 290 g/mol. The molecular weight excluding hydrogens is 274 g/mol. The lowest BCUT2D eigenvalue weighted by Crippen LogP contribution is -2.53. The minimum atomic E-state index is -0.439. The Hall–Kier alpha value is -2.01. The van der Waals surface area contributed by atoms with E-state index >= 15 is 0 Å². The highest BCUT2D eigenvalue weighted by Crippen LogP contribution is 2.28. The van der Waals surface area contributed by atoms with Crippen LogP contribution in [-0.4, -0.2) is 30.8 Å². The first-order valence-electron chi connectivity index (χ1n) is 6.96. The normalized spacial score (nSPS) is 15.1. The highest BCUT2D eigenvalue weighted by Gasteiger charge is 2.30. The summed E-state index contributed by atoms with van der Waals surface area (Å²) in [6, 6.07) is 7.61. The van der Waals surface area contributed by atoms with Gasteiger partial charge in [-0.25, -0.2) is 13.8 Å². The molecule has 1 aromatic heterocycles. The van der Waals surface area contributed by atoms with Gasteiger partial charge in [0.25, 0.3) is 0 Å². The number of hydrogen-bond acceptors (Lipinski definition) is 3. The lowest BCUT2D eigenvalue weighted by molar-refractivity contribution is 0.0424. The number of aromatic nitrogens is 1. The van der Waals surface area contributed by atoms with Gasteiger partial charge in [0.15, 0.2) is 11.6 Å². The van der Waals surface area contributed by atoms with Crippen molar-refractivity contribution in [2.24, 2.45) is 0 Å². The van der Waals surface area contributed by atoms with Crippen LogP contribution in [0.5, 0.6) is 0 Å². The Bertz CT molecular complexity index is 642. The van der Waals surface area contributed by atoms with Crippen LogP contribution in [0.4, 0.5) is 14.6 Å². The van der Waals surface area contributed by atoms with Gasteiger partial charge in [0, 0.05) is 37.0 Å². The second kappa shape index (κ2) is 5.77. The van der Waals surface area contributed by atoms with Gasteiger partial charge in [-0.3, -0.25) is 0 Å². The van der Waals surface area contributed by atoms with Crippen LogP contribution in [0.3, 0.4) is 0 Å². The van der Waals surface area contributed by atoms with E-state index in [-0.39, 0.29) is 11.9 Å². The highest BCUT2D eigenvalue weighted by molar-refractivity contribution is 5.65. The smallest absolute Gasteiger partial charge is 0.166 e. The predicted molar refractivity (Wildman–Crippen MR) is 77.2 cm³/mol. The van der Waals surface area contributed by atoms with Gasteiger partial charge < -0.3 is 9.64 Å². The monoisotopic (exact) mass is 290 g/mol. The standard InChI is InChI=1S/C16H16F2N2O/c1-2-21-12-9-20(10-12)16-15(18)7-11(8-19-16)13-5-3-4-6-14(13)17/h3-8,12H,2,9-10H2,1H3. The quantitative estimate of drug-likeness (QED) is 0.864. The molecule has 1 aliphatic heterocycles. The van der Waals surface area contributed by atoms with Crippen molar-refractivity contribution in [3.8, 4) is 11.1 Å². The Morgan fingerprint density at radius 3 is 2.67 bits per heavy atom. The van der Waals surface area contributed by atoms with Crippen molar-refractivity contribution in [3.63, 3.8) is 0 Å². The lowest BCUT2D eigenvalue weighted by atomic mass is 10.1. The van der Waals surface area contributed by atoms with Gasteiger partial charge in [0.1, 0.15) is 5.82 Å². The maximum atomic E-state index is 14.2. The molecule has 0 spiro atoms. The molecule has 5 heteroatoms. The summed E-state index contributed by atoms with van der Waals surface area (Å²) in [5.74, 6) is -0.524. The maximum Gasteiger partial charge on any atom is 0.166 e. The first-order chi connectivity index (χ1) is 10.2. The first-order valence-corrected chi connectivity index (χ1v) is 6.96. The zero-order valence-electron chi connectivity index (χ0n) is 11.7. The second-order valence-electron chi connectivity index (χ2n) is 4.99. The Morgan fingerprint density at radius 2 is 2.00 bits per heavy atom. The SMILES string of the molecule is CCOC1CN(c2ncc(-c3ccccc3F)cc2F)C1. The molecule has 0 N–H and O–H groups in total. The number of ether oxygens (including phenoxy) is 1. The zero-order chi connectivity index (χ0) is 14.8. The summed E-state index contributed by atoms with van der Waals surface area (Å²) in [6.07, 6.45) is 1.65. The molecule has 0 radical (unpaired) electrons. The van der Waals surface area contributed by atoms with E-state index in [1.54, 1.807) is 18.2 Å². The average Bonchev–Trinajstić information content (AvgIpc) is 2.44. The summed E-state index contributed by atoms with van der Waals surface area (Å²) in [4.78, 5) is 5.96. The van der Waals surface area contributed by atoms with E-state index in [1.807, 2.05) is 11.8 Å². The predicted octanol–water partition coefficient (Wildman–Crippen LogP) is 3.25. The zero-order valence-corrected chi connectivity index (χ0v) is 11.7. The number of pyridine rings is 1. The summed E-state index contributed by atoms with van der Waals surface area (Å²) >= 11 is 0. The third kappa shape index (κ3) is 2.74. The van der Waals surface area contributed by atoms with Crippen molar-refractivity contribution in [1.82, 2.24) is 4.98 Å². The van der Waals surface area contributed by atoms with Crippen LogP contribution in [0.1, 0.15) is 6.92 Å². The minimum Gasteiger partial charge on any atom is -0.375 e. The van der Waals surface area contributed by atoms with Gasteiger partial charge >= 0.3 is 0 Å². The maximum absolute atomic E-state index is 14.2. The highest BCUT2D eigenvalue weighted by atomic mass is 19.1. The molecule has 0 atom stereocenters. The van der Waals surface area contributed by atoms with Crippen LogP contribution < -0.4 is 4.90 Å². The van der Waals surface area contributed by atoms with Gasteiger partial charge in [-0.05, 0) is 19.1 Å². The van der Waals surface area contributed by atoms with Crippen LogP contribution in [0.2, 0.25) is 0 Å². The van der Waals surface area contributed by atoms with E-state index in [9.17, 15) is 8.78 Å². The summed E-state index contributed by atoms with van der Waals surface area (Å²) < 4.78 is 33.3. The minimum absolute atomic E-state index is 0.141. The van der Waals surface area contributed by atoms with E-state index < -0.39 is 5.82 Å². The number of rotatable bonds is 4. The summed E-state index contributed by atoms with van der Waals surface area (Å²) in [5, 5.41) is 0. The van der Waals surface area contributed by atoms with Crippen molar-refractivity contribution in [1.29, 1.82) is 0 Å². The van der Waals surface area contributed by atoms with Gasteiger partial charge in [-0.1, -0.05) is 18.2 Å². The van der Waals surface area contributed by atoms with Crippen LogP contribution in [0.25, 0.3) is 11.1 Å². The third-order valence-corrected chi connectivity index (χ3v) is 3.56. The molecule has 1 saturated heterocycles. The fourth-order valence-corrected chi connectivity index (χ4v) is 2.46. The number of benzene rings is 1. The molecule has 21 heavy (non-hydrogen) atoms. The van der Waals surface area contributed by atoms with E-state index in [0.29, 0.717) is 36.6 Å². The molecule has 3 rings (SSSR count). The Morgan fingerprint density at radius 1 is 1.24 bits per heavy atom. The van der Waals surface area contributed by atoms with Crippen molar-refractivity contribution in [2.75, 3.05) is 24.6 Å². The van der Waals surface area contributed by atoms with Crippen molar-refractivity contribution in [3.05, 3.63) is 48.2 Å². The third-order valence-electron chi connectivity index (χ3n) is 3.56. The Balaban J connectivity index is 1.80. The van der Waals surface area contributed by atoms with Crippen LogP contribution in [0.15, 0.2) is 36.5 Å². The Kier molecular flexibility index (Phi) is 3.84. The molecule has 2 heterocycles. The lowest BCUT2D eigenvalue weighted by Gasteiger charge is -2.39. The molecule has 0 unspecified atom stereocenters. The van der Waals surface area contributed by atoms with Crippen molar-refractivity contribution < 1.29 is 13.5 Å². The number of hydrogen-bond donors (Lipinski definition) is 0. The largest absolute Gasteiger partial charge is 0.375 e. The van der Waals surface area contributed by atoms with Crippen molar-refractivity contribution in [2.45, 2.75) is 13.0 Å². The Labute approximate surface area is 122 Å². The summed E-state index contributed by atoms with van der Waals surface area (Å²) in [7, 11) is 0. The van der Waals surface area contributed by atoms with Crippen LogP contribution >= 0.6 is 0 Å². The molecule has 0 saturated carbocycles. The molecule has 1 aromatic carbocycles. The van der Waals surface area contributed by atoms with Gasteiger partial charge in [0.05, 0.1) is 6.10 Å². The van der Waals surface area contributed by atoms with E-state index in [4.69, 9.17) is 4.74 Å². The molecule has 0 amide bonds. The molecule has 2 aromatic rings. The van der Waals surface area contributed by atoms with Crippen LogP contribution in [0, 0.1) is 11.6 Å². The van der Waals surface area contributed by atoms with E-state index in [1.165, 1.54) is 18.3 Å². The summed E-state index contributed by atoms with van der Waals surface area (Å²) in [5.41, 5.74) is 0.794. The van der Waals surface area contributed by atoms with Gasteiger partial charge in [-0.15, -0.1) is 0 Å². The molecule has 110 valence electrons. The molecular formula is C16H16F2N2O. The van der Waals surface area contributed by atoms with E-state index in [2.05, 4.69) is 4.98 Å². The number of nitrogens with zero attached hydrogens (tertiary/aromatic N) is 2. The topological polar surface area (TPSA) is 25.4 Å². The van der Waals surface area contributed by atoms with Gasteiger partial charge in [0.2, 0.25) is 0 Å². The second-order valence-corrected chi connectivity index (χ2v) is 4.99. The summed E-state index contributed by atoms with van der Waals surface area (Å²) in [6.45, 7) is 3.86. The number of anilines is 1.